The minimum atomic E-state index is -4.63. The van der Waals surface area contributed by atoms with Crippen molar-refractivity contribution >= 4 is 11.8 Å². The first-order valence-corrected chi connectivity index (χ1v) is 14.0. The van der Waals surface area contributed by atoms with Crippen molar-refractivity contribution in [3.63, 3.8) is 0 Å². The Morgan fingerprint density at radius 2 is 1.71 bits per heavy atom. The average molecular weight is 631 g/mol. The Labute approximate surface area is 255 Å². The number of nitrogens with one attached hydrogen (secondary N) is 1. The van der Waals surface area contributed by atoms with Crippen LogP contribution in [0.5, 0.6) is 11.5 Å². The third kappa shape index (κ3) is 6.37. The molecule has 3 aromatic rings. The fourth-order valence-electron chi connectivity index (χ4n) is 5.69. The third-order valence-corrected chi connectivity index (χ3v) is 7.84. The molecule has 13 heteroatoms. The van der Waals surface area contributed by atoms with Gasteiger partial charge in [-0.25, -0.2) is 4.39 Å². The van der Waals surface area contributed by atoms with Crippen molar-refractivity contribution in [1.82, 2.24) is 10.2 Å². The zero-order valence-electron chi connectivity index (χ0n) is 23.9. The minimum absolute atomic E-state index is 0.0870. The standard InChI is InChI=1S/C32H30F4N2O7/c1-44-25-13-18(16-40)12-22-26-23(30(42)37-10-11-39)14-24(27(41)29(26)45-28(22)25)38(15-17-2-8-21(33)9-3-17)31(43)19-4-6-20(7-5-19)32(34,35)36/h2-9,12-14,24,26-27,29,39-41H,10-11,15-16H2,1H3,(H,37,42). The second kappa shape index (κ2) is 12.9. The minimum Gasteiger partial charge on any atom is -0.493 e. The highest BCUT2D eigenvalue weighted by atomic mass is 19.4. The largest absolute Gasteiger partial charge is 0.493 e. The number of rotatable bonds is 9. The Morgan fingerprint density at radius 3 is 2.31 bits per heavy atom. The second-order valence-corrected chi connectivity index (χ2v) is 10.7. The fourth-order valence-corrected chi connectivity index (χ4v) is 5.69. The molecule has 2 aliphatic rings. The predicted octanol–water partition coefficient (Wildman–Crippen LogP) is 3.31. The summed E-state index contributed by atoms with van der Waals surface area (Å²) in [6, 6.07) is 10.7. The Morgan fingerprint density at radius 1 is 1.02 bits per heavy atom. The highest BCUT2D eigenvalue weighted by Crippen LogP contribution is 2.51. The molecule has 0 saturated carbocycles. The van der Waals surface area contributed by atoms with Crippen LogP contribution in [0.3, 0.4) is 0 Å². The summed E-state index contributed by atoms with van der Waals surface area (Å²) in [6.45, 7) is -1.03. The maximum Gasteiger partial charge on any atom is 0.416 e. The van der Waals surface area contributed by atoms with E-state index in [0.717, 1.165) is 24.3 Å². The molecule has 45 heavy (non-hydrogen) atoms. The van der Waals surface area contributed by atoms with E-state index in [9.17, 15) is 42.5 Å². The summed E-state index contributed by atoms with van der Waals surface area (Å²) in [4.78, 5) is 28.7. The van der Waals surface area contributed by atoms with E-state index in [4.69, 9.17) is 9.47 Å². The van der Waals surface area contributed by atoms with E-state index in [1.54, 1.807) is 12.1 Å². The molecule has 4 unspecified atom stereocenters. The van der Waals surface area contributed by atoms with Crippen molar-refractivity contribution in [3.8, 4) is 11.5 Å². The van der Waals surface area contributed by atoms with Crippen molar-refractivity contribution < 1.29 is 51.9 Å². The van der Waals surface area contributed by atoms with Crippen LogP contribution in [0.4, 0.5) is 17.6 Å². The Hall–Kier alpha value is -4.46. The van der Waals surface area contributed by atoms with Crippen molar-refractivity contribution in [1.29, 1.82) is 0 Å². The van der Waals surface area contributed by atoms with E-state index >= 15 is 0 Å². The topological polar surface area (TPSA) is 129 Å². The van der Waals surface area contributed by atoms with Gasteiger partial charge in [0.2, 0.25) is 5.91 Å². The number of ether oxygens (including phenoxy) is 2. The first kappa shape index (κ1) is 31.9. The summed E-state index contributed by atoms with van der Waals surface area (Å²) in [7, 11) is 1.39. The number of fused-ring (bicyclic) bond motifs is 3. The Balaban J connectivity index is 1.62. The zero-order valence-corrected chi connectivity index (χ0v) is 23.9. The fraction of sp³-hybridized carbons (Fsp3) is 0.312. The maximum atomic E-state index is 14.0. The highest BCUT2D eigenvalue weighted by Gasteiger charge is 2.51. The molecule has 1 aliphatic carbocycles. The molecule has 5 rings (SSSR count). The number of nitrogens with zero attached hydrogens (tertiary/aromatic N) is 1. The van der Waals surface area contributed by atoms with Gasteiger partial charge in [-0.2, -0.15) is 13.2 Å². The number of aliphatic hydroxyl groups excluding tert-OH is 3. The smallest absolute Gasteiger partial charge is 0.416 e. The molecule has 1 aliphatic heterocycles. The van der Waals surface area contributed by atoms with Crippen molar-refractivity contribution in [2.75, 3.05) is 20.3 Å². The molecule has 2 amide bonds. The number of carbonyl (C=O) groups excluding carboxylic acids is 2. The summed E-state index contributed by atoms with van der Waals surface area (Å²) in [6.07, 6.45) is -5.85. The summed E-state index contributed by atoms with van der Waals surface area (Å²) < 4.78 is 65.0. The Bertz CT molecular complexity index is 1590. The maximum absolute atomic E-state index is 14.0. The molecule has 4 atom stereocenters. The lowest BCUT2D eigenvalue weighted by Gasteiger charge is -2.40. The van der Waals surface area contributed by atoms with E-state index in [1.807, 2.05) is 0 Å². The van der Waals surface area contributed by atoms with E-state index in [0.29, 0.717) is 16.7 Å². The first-order valence-electron chi connectivity index (χ1n) is 14.0. The monoisotopic (exact) mass is 630 g/mol. The second-order valence-electron chi connectivity index (χ2n) is 10.7. The van der Waals surface area contributed by atoms with Gasteiger partial charge in [-0.15, -0.1) is 0 Å². The molecule has 0 saturated heterocycles. The molecule has 0 fully saturated rings. The number of halogens is 4. The van der Waals surface area contributed by atoms with Crippen LogP contribution in [-0.4, -0.2) is 70.5 Å². The van der Waals surface area contributed by atoms with Gasteiger partial charge in [-0.1, -0.05) is 12.1 Å². The number of hydrogen-bond donors (Lipinski definition) is 4. The predicted molar refractivity (Wildman–Crippen MR) is 152 cm³/mol. The van der Waals surface area contributed by atoms with Gasteiger partial charge in [0, 0.05) is 29.8 Å². The molecular weight excluding hydrogens is 600 g/mol. The van der Waals surface area contributed by atoms with Gasteiger partial charge in [0.15, 0.2) is 11.5 Å². The van der Waals surface area contributed by atoms with E-state index in [-0.39, 0.29) is 48.9 Å². The number of benzene rings is 3. The SMILES string of the molecule is COc1cc(CO)cc2c1OC1C2C(C(=O)NCCO)=CC(N(Cc2ccc(F)cc2)C(=O)c2ccc(C(F)(F)F)cc2)C1O. The summed E-state index contributed by atoms with van der Waals surface area (Å²) in [5.74, 6) is -2.32. The van der Waals surface area contributed by atoms with E-state index in [1.165, 1.54) is 42.4 Å². The van der Waals surface area contributed by atoms with Gasteiger partial charge in [0.25, 0.3) is 5.91 Å². The lowest BCUT2D eigenvalue weighted by molar-refractivity contribution is -0.137. The van der Waals surface area contributed by atoms with E-state index < -0.39 is 53.5 Å². The molecule has 3 aromatic carbocycles. The van der Waals surface area contributed by atoms with Crippen LogP contribution in [0.15, 0.2) is 72.3 Å². The quantitative estimate of drug-likeness (QED) is 0.267. The van der Waals surface area contributed by atoms with Crippen LogP contribution in [0.25, 0.3) is 0 Å². The van der Waals surface area contributed by atoms with Gasteiger partial charge in [-0.3, -0.25) is 9.59 Å². The summed E-state index contributed by atoms with van der Waals surface area (Å²) in [5, 5.41) is 33.5. The number of amides is 2. The van der Waals surface area contributed by atoms with Gasteiger partial charge >= 0.3 is 6.18 Å². The van der Waals surface area contributed by atoms with Crippen LogP contribution in [0.2, 0.25) is 0 Å². The number of methoxy groups -OCH3 is 1. The Kier molecular flexibility index (Phi) is 9.14. The number of carbonyl (C=O) groups is 2. The third-order valence-electron chi connectivity index (χ3n) is 7.84. The molecule has 0 spiro atoms. The average Bonchev–Trinajstić information content (AvgIpc) is 3.42. The molecule has 0 radical (unpaired) electrons. The summed E-state index contributed by atoms with van der Waals surface area (Å²) in [5.41, 5.74) is 0.353. The van der Waals surface area contributed by atoms with Gasteiger partial charge in [-0.05, 0) is 65.7 Å². The molecule has 9 nitrogen and oxygen atoms in total. The van der Waals surface area contributed by atoms with Crippen molar-refractivity contribution in [3.05, 3.63) is 106 Å². The molecular formula is C32H30F4N2O7. The van der Waals surface area contributed by atoms with Gasteiger partial charge < -0.3 is 35.0 Å². The number of aliphatic hydroxyl groups is 3. The molecule has 4 N–H and O–H groups in total. The van der Waals surface area contributed by atoms with Crippen LogP contribution >= 0.6 is 0 Å². The van der Waals surface area contributed by atoms with Crippen molar-refractivity contribution in [2.45, 2.75) is 43.5 Å². The van der Waals surface area contributed by atoms with Crippen molar-refractivity contribution in [2.24, 2.45) is 0 Å². The molecule has 238 valence electrons. The van der Waals surface area contributed by atoms with Gasteiger partial charge in [0.1, 0.15) is 18.0 Å². The normalized spacial score (nSPS) is 20.4. The van der Waals surface area contributed by atoms with Crippen LogP contribution < -0.4 is 14.8 Å². The van der Waals surface area contributed by atoms with Crippen LogP contribution in [0.1, 0.15) is 38.5 Å². The lowest BCUT2D eigenvalue weighted by atomic mass is 9.77. The molecule has 1 heterocycles. The number of hydrogen-bond acceptors (Lipinski definition) is 7. The zero-order chi connectivity index (χ0) is 32.5. The molecule has 0 aromatic heterocycles. The van der Waals surface area contributed by atoms with Gasteiger partial charge in [0.05, 0.1) is 37.8 Å². The lowest BCUT2D eigenvalue weighted by Crippen LogP contribution is -2.55. The first-order chi connectivity index (χ1) is 21.5. The van der Waals surface area contributed by atoms with E-state index in [2.05, 4.69) is 5.32 Å². The summed E-state index contributed by atoms with van der Waals surface area (Å²) >= 11 is 0. The highest BCUT2D eigenvalue weighted by molar-refractivity contribution is 5.97. The number of alkyl halides is 3. The van der Waals surface area contributed by atoms with Crippen LogP contribution in [-0.2, 0) is 24.1 Å². The van der Waals surface area contributed by atoms with Crippen LogP contribution in [0, 0.1) is 5.82 Å². The molecule has 0 bridgehead atoms.